The second-order valence-electron chi connectivity index (χ2n) is 6.97. The maximum Gasteiger partial charge on any atom is 0.251 e. The van der Waals surface area contributed by atoms with Crippen molar-refractivity contribution in [3.8, 4) is 11.1 Å². The van der Waals surface area contributed by atoms with Crippen molar-refractivity contribution >= 4 is 33.4 Å². The highest BCUT2D eigenvalue weighted by atomic mass is 79.9. The van der Waals surface area contributed by atoms with Gasteiger partial charge >= 0.3 is 0 Å². The number of hydrogen-bond donors (Lipinski definition) is 1. The quantitative estimate of drug-likeness (QED) is 0.438. The molecule has 0 spiro atoms. The molecule has 0 unspecified atom stereocenters. The summed E-state index contributed by atoms with van der Waals surface area (Å²) in [7, 11) is 0. The van der Waals surface area contributed by atoms with Gasteiger partial charge in [-0.25, -0.2) is 0 Å². The molecule has 0 saturated carbocycles. The fraction of sp³-hybridized carbons (Fsp3) is 0.261. The Hall–Kier alpha value is -2.04. The van der Waals surface area contributed by atoms with E-state index in [1.807, 2.05) is 49.4 Å². The van der Waals surface area contributed by atoms with Crippen LogP contribution in [0.5, 0.6) is 0 Å². The lowest BCUT2D eigenvalue weighted by Gasteiger charge is -2.14. The number of rotatable bonds is 7. The van der Waals surface area contributed by atoms with Gasteiger partial charge in [-0.3, -0.25) is 4.79 Å². The van der Waals surface area contributed by atoms with E-state index in [-0.39, 0.29) is 0 Å². The molecule has 0 radical (unpaired) electrons. The maximum atomic E-state index is 12.4. The predicted octanol–water partition coefficient (Wildman–Crippen LogP) is 6.37. The van der Waals surface area contributed by atoms with Crippen LogP contribution >= 0.6 is 27.5 Å². The number of nitrogens with two attached hydrogens (primary N) is 1. The molecule has 0 fully saturated rings. The SMILES string of the molecule is CCCCc1c(-c2ccc(Br)cc2)c(C(N)=O)c(C)n1Cc1cccc(Cl)c1. The Morgan fingerprint density at radius 2 is 1.89 bits per heavy atom. The zero-order valence-electron chi connectivity index (χ0n) is 16.1. The Kier molecular flexibility index (Phi) is 6.63. The number of hydrogen-bond acceptors (Lipinski definition) is 1. The van der Waals surface area contributed by atoms with Crippen LogP contribution in [0.2, 0.25) is 5.02 Å². The van der Waals surface area contributed by atoms with E-state index in [1.54, 1.807) is 0 Å². The van der Waals surface area contributed by atoms with Crippen LogP contribution in [0.25, 0.3) is 11.1 Å². The Labute approximate surface area is 179 Å². The molecule has 3 aromatic rings. The van der Waals surface area contributed by atoms with Gasteiger partial charge in [0.15, 0.2) is 0 Å². The molecule has 2 aromatic carbocycles. The normalized spacial score (nSPS) is 11.0. The fourth-order valence-corrected chi connectivity index (χ4v) is 4.14. The standard InChI is InChI=1S/C23H24BrClN2O/c1-3-4-8-20-22(17-9-11-18(24)12-10-17)21(23(26)28)15(2)27(20)14-16-6-5-7-19(25)13-16/h5-7,9-13H,3-4,8,14H2,1-2H3,(H2,26,28). The molecule has 146 valence electrons. The molecule has 1 amide bonds. The topological polar surface area (TPSA) is 48.0 Å². The van der Waals surface area contributed by atoms with E-state index in [4.69, 9.17) is 17.3 Å². The highest BCUT2D eigenvalue weighted by Crippen LogP contribution is 2.35. The van der Waals surface area contributed by atoms with Gasteiger partial charge in [-0.05, 0) is 55.2 Å². The van der Waals surface area contributed by atoms with E-state index < -0.39 is 5.91 Å². The molecule has 2 N–H and O–H groups in total. The van der Waals surface area contributed by atoms with Crippen LogP contribution in [-0.4, -0.2) is 10.5 Å². The molecule has 0 atom stereocenters. The molecular weight excluding hydrogens is 436 g/mol. The van der Waals surface area contributed by atoms with E-state index in [1.165, 1.54) is 0 Å². The summed E-state index contributed by atoms with van der Waals surface area (Å²) in [6.07, 6.45) is 3.00. The zero-order valence-corrected chi connectivity index (χ0v) is 18.5. The number of benzene rings is 2. The van der Waals surface area contributed by atoms with Crippen molar-refractivity contribution < 1.29 is 4.79 Å². The third kappa shape index (κ3) is 4.34. The fourth-order valence-electron chi connectivity index (χ4n) is 3.66. The van der Waals surface area contributed by atoms with Crippen molar-refractivity contribution in [1.29, 1.82) is 0 Å². The minimum absolute atomic E-state index is 0.391. The Bertz CT molecular complexity index is 993. The Morgan fingerprint density at radius 1 is 1.18 bits per heavy atom. The molecule has 0 aliphatic heterocycles. The van der Waals surface area contributed by atoms with Gasteiger partial charge in [0.1, 0.15) is 0 Å². The average Bonchev–Trinajstić information content (AvgIpc) is 2.93. The van der Waals surface area contributed by atoms with Crippen LogP contribution in [-0.2, 0) is 13.0 Å². The second kappa shape index (κ2) is 8.97. The molecule has 0 aliphatic carbocycles. The minimum atomic E-state index is -0.391. The largest absolute Gasteiger partial charge is 0.366 e. The van der Waals surface area contributed by atoms with Gasteiger partial charge in [0, 0.05) is 33.0 Å². The average molecular weight is 460 g/mol. The smallest absolute Gasteiger partial charge is 0.251 e. The van der Waals surface area contributed by atoms with Gasteiger partial charge in [0.05, 0.1) is 5.56 Å². The number of unbranched alkanes of at least 4 members (excludes halogenated alkanes) is 1. The summed E-state index contributed by atoms with van der Waals surface area (Å²) in [6, 6.07) is 15.9. The second-order valence-corrected chi connectivity index (χ2v) is 8.32. The summed E-state index contributed by atoms with van der Waals surface area (Å²) in [4.78, 5) is 12.4. The summed E-state index contributed by atoms with van der Waals surface area (Å²) in [6.45, 7) is 4.80. The van der Waals surface area contributed by atoms with E-state index in [9.17, 15) is 4.79 Å². The molecule has 28 heavy (non-hydrogen) atoms. The summed E-state index contributed by atoms with van der Waals surface area (Å²) in [5, 5.41) is 0.709. The molecule has 0 bridgehead atoms. The van der Waals surface area contributed by atoms with Gasteiger partial charge in [0.25, 0.3) is 5.91 Å². The monoisotopic (exact) mass is 458 g/mol. The van der Waals surface area contributed by atoms with E-state index in [0.717, 1.165) is 51.8 Å². The number of primary amides is 1. The van der Waals surface area contributed by atoms with Crippen LogP contribution in [0.3, 0.4) is 0 Å². The van der Waals surface area contributed by atoms with Crippen molar-refractivity contribution in [2.45, 2.75) is 39.7 Å². The molecular formula is C23H24BrClN2O. The van der Waals surface area contributed by atoms with Crippen molar-refractivity contribution in [3.05, 3.63) is 80.5 Å². The first-order chi connectivity index (χ1) is 13.4. The first kappa shape index (κ1) is 20.7. The number of carbonyl (C=O) groups excluding carboxylic acids is 1. The highest BCUT2D eigenvalue weighted by Gasteiger charge is 2.24. The van der Waals surface area contributed by atoms with Crippen LogP contribution in [0, 0.1) is 6.92 Å². The molecule has 3 rings (SSSR count). The van der Waals surface area contributed by atoms with Crippen molar-refractivity contribution in [3.63, 3.8) is 0 Å². The van der Waals surface area contributed by atoms with Crippen molar-refractivity contribution in [2.24, 2.45) is 5.73 Å². The summed E-state index contributed by atoms with van der Waals surface area (Å²) in [5.41, 5.74) is 11.5. The minimum Gasteiger partial charge on any atom is -0.366 e. The highest BCUT2D eigenvalue weighted by molar-refractivity contribution is 9.10. The molecule has 3 nitrogen and oxygen atoms in total. The van der Waals surface area contributed by atoms with Gasteiger partial charge < -0.3 is 10.3 Å². The lowest BCUT2D eigenvalue weighted by molar-refractivity contribution is 0.1000. The molecule has 0 saturated heterocycles. The lowest BCUT2D eigenvalue weighted by Crippen LogP contribution is -2.13. The lowest BCUT2D eigenvalue weighted by atomic mass is 9.97. The first-order valence-electron chi connectivity index (χ1n) is 9.44. The zero-order chi connectivity index (χ0) is 20.3. The number of amides is 1. The van der Waals surface area contributed by atoms with Gasteiger partial charge in [-0.1, -0.05) is 65.1 Å². The number of nitrogens with zero attached hydrogens (tertiary/aromatic N) is 1. The third-order valence-electron chi connectivity index (χ3n) is 5.01. The number of halogens is 2. The Morgan fingerprint density at radius 3 is 2.50 bits per heavy atom. The van der Waals surface area contributed by atoms with Gasteiger partial charge in [0.2, 0.25) is 0 Å². The maximum absolute atomic E-state index is 12.4. The van der Waals surface area contributed by atoms with E-state index in [0.29, 0.717) is 17.1 Å². The van der Waals surface area contributed by atoms with Crippen molar-refractivity contribution in [2.75, 3.05) is 0 Å². The van der Waals surface area contributed by atoms with Crippen LogP contribution < -0.4 is 5.73 Å². The molecule has 0 aliphatic rings. The third-order valence-corrected chi connectivity index (χ3v) is 5.77. The summed E-state index contributed by atoms with van der Waals surface area (Å²) >= 11 is 9.67. The van der Waals surface area contributed by atoms with E-state index >= 15 is 0 Å². The number of aromatic nitrogens is 1. The van der Waals surface area contributed by atoms with Crippen LogP contribution in [0.15, 0.2) is 53.0 Å². The molecule has 1 heterocycles. The molecule has 5 heteroatoms. The van der Waals surface area contributed by atoms with E-state index in [2.05, 4.69) is 33.5 Å². The van der Waals surface area contributed by atoms with Crippen LogP contribution in [0.4, 0.5) is 0 Å². The van der Waals surface area contributed by atoms with Crippen LogP contribution in [0.1, 0.15) is 47.1 Å². The predicted molar refractivity (Wildman–Crippen MR) is 120 cm³/mol. The van der Waals surface area contributed by atoms with Gasteiger partial charge in [-0.2, -0.15) is 0 Å². The first-order valence-corrected chi connectivity index (χ1v) is 10.6. The van der Waals surface area contributed by atoms with Crippen molar-refractivity contribution in [1.82, 2.24) is 4.57 Å². The Balaban J connectivity index is 2.21. The van der Waals surface area contributed by atoms with Gasteiger partial charge in [-0.15, -0.1) is 0 Å². The summed E-state index contributed by atoms with van der Waals surface area (Å²) in [5.74, 6) is -0.391. The summed E-state index contributed by atoms with van der Waals surface area (Å²) < 4.78 is 3.22. The molecule has 1 aromatic heterocycles. The number of carbonyl (C=O) groups is 1.